The number of pyridine rings is 1. The van der Waals surface area contributed by atoms with Crippen molar-refractivity contribution in [3.63, 3.8) is 0 Å². The molecule has 4 heterocycles. The van der Waals surface area contributed by atoms with E-state index in [0.717, 1.165) is 6.07 Å². The van der Waals surface area contributed by atoms with Crippen LogP contribution in [0.2, 0.25) is 0 Å². The van der Waals surface area contributed by atoms with Gasteiger partial charge in [-0.25, -0.2) is 4.98 Å². The number of aromatic nitrogens is 5. The van der Waals surface area contributed by atoms with E-state index in [-0.39, 0.29) is 32.0 Å². The summed E-state index contributed by atoms with van der Waals surface area (Å²) in [5.74, 6) is -1.56. The van der Waals surface area contributed by atoms with E-state index in [9.17, 15) is 22.8 Å². The molecule has 0 aromatic carbocycles. The molecule has 4 aromatic heterocycles. The Labute approximate surface area is 189 Å². The third-order valence-corrected chi connectivity index (χ3v) is 6.02. The van der Waals surface area contributed by atoms with Crippen molar-refractivity contribution in [2.75, 3.05) is 5.32 Å². The van der Waals surface area contributed by atoms with E-state index in [1.807, 2.05) is 6.92 Å². The number of halogens is 3. The molecule has 0 spiro atoms. The van der Waals surface area contributed by atoms with E-state index in [4.69, 9.17) is 5.73 Å². The molecule has 0 aliphatic heterocycles. The van der Waals surface area contributed by atoms with Crippen LogP contribution in [0.25, 0.3) is 21.3 Å². The molecule has 2 amide bonds. The zero-order chi connectivity index (χ0) is 24.1. The number of hydrogen-bond acceptors (Lipinski definition) is 6. The Hall–Kier alpha value is -3.74. The van der Waals surface area contributed by atoms with E-state index in [2.05, 4.69) is 20.5 Å². The van der Waals surface area contributed by atoms with Gasteiger partial charge in [-0.3, -0.25) is 19.0 Å². The summed E-state index contributed by atoms with van der Waals surface area (Å²) < 4.78 is 43.9. The maximum atomic E-state index is 13.6. The first-order valence-electron chi connectivity index (χ1n) is 9.69. The number of nitrogens with one attached hydrogen (secondary N) is 1. The van der Waals surface area contributed by atoms with Crippen molar-refractivity contribution in [3.8, 4) is 11.1 Å². The summed E-state index contributed by atoms with van der Waals surface area (Å²) in [4.78, 5) is 28.5. The van der Waals surface area contributed by atoms with Crippen LogP contribution in [0.5, 0.6) is 0 Å². The molecule has 33 heavy (non-hydrogen) atoms. The summed E-state index contributed by atoms with van der Waals surface area (Å²) in [6.07, 6.45) is -1.57. The fraction of sp³-hybridized carbons (Fsp3) is 0.250. The predicted octanol–water partition coefficient (Wildman–Crippen LogP) is 3.59. The first-order chi connectivity index (χ1) is 15.5. The Morgan fingerprint density at radius 2 is 1.97 bits per heavy atom. The van der Waals surface area contributed by atoms with Gasteiger partial charge in [-0.1, -0.05) is 0 Å². The molecule has 3 N–H and O–H groups in total. The molecule has 0 unspecified atom stereocenters. The number of nitrogens with zero attached hydrogens (tertiary/aromatic N) is 5. The van der Waals surface area contributed by atoms with Crippen LogP contribution >= 0.6 is 11.3 Å². The number of thiophene rings is 1. The second-order valence-electron chi connectivity index (χ2n) is 7.22. The summed E-state index contributed by atoms with van der Waals surface area (Å²) in [5, 5.41) is 11.1. The number of fused-ring (bicyclic) bond motifs is 1. The van der Waals surface area contributed by atoms with Gasteiger partial charge in [-0.05, 0) is 31.5 Å². The van der Waals surface area contributed by atoms with E-state index in [1.165, 1.54) is 10.7 Å². The van der Waals surface area contributed by atoms with Gasteiger partial charge in [-0.2, -0.15) is 23.4 Å². The Bertz CT molecular complexity index is 1400. The fourth-order valence-electron chi connectivity index (χ4n) is 3.41. The first-order valence-corrected chi connectivity index (χ1v) is 10.5. The number of carbonyl (C=O) groups excluding carboxylic acids is 2. The highest BCUT2D eigenvalue weighted by Gasteiger charge is 2.35. The van der Waals surface area contributed by atoms with Crippen molar-refractivity contribution in [2.45, 2.75) is 26.6 Å². The molecule has 0 radical (unpaired) electrons. The molecule has 9 nitrogen and oxygen atoms in total. The minimum atomic E-state index is -4.73. The molecule has 0 fully saturated rings. The van der Waals surface area contributed by atoms with Crippen molar-refractivity contribution in [3.05, 3.63) is 46.5 Å². The van der Waals surface area contributed by atoms with Crippen molar-refractivity contribution in [1.29, 1.82) is 0 Å². The van der Waals surface area contributed by atoms with Gasteiger partial charge >= 0.3 is 6.18 Å². The second-order valence-corrected chi connectivity index (χ2v) is 8.22. The Kier molecular flexibility index (Phi) is 5.44. The highest BCUT2D eigenvalue weighted by atomic mass is 32.1. The highest BCUT2D eigenvalue weighted by molar-refractivity contribution is 7.21. The van der Waals surface area contributed by atoms with Crippen LogP contribution in [0, 0.1) is 6.92 Å². The monoisotopic (exact) mass is 477 g/mol. The molecule has 0 saturated carbocycles. The maximum absolute atomic E-state index is 13.6. The van der Waals surface area contributed by atoms with Gasteiger partial charge in [0.05, 0.1) is 11.4 Å². The van der Waals surface area contributed by atoms with Crippen molar-refractivity contribution in [1.82, 2.24) is 24.5 Å². The topological polar surface area (TPSA) is 121 Å². The molecule has 4 rings (SSSR count). The Balaban J connectivity index is 2.01. The van der Waals surface area contributed by atoms with Gasteiger partial charge < -0.3 is 11.1 Å². The van der Waals surface area contributed by atoms with Crippen molar-refractivity contribution < 1.29 is 22.8 Å². The van der Waals surface area contributed by atoms with Gasteiger partial charge in [0.25, 0.3) is 11.8 Å². The average molecular weight is 477 g/mol. The molecule has 0 aliphatic carbocycles. The third kappa shape index (κ3) is 4.06. The smallest absolute Gasteiger partial charge is 0.365 e. The normalized spacial score (nSPS) is 11.8. The lowest BCUT2D eigenvalue weighted by Gasteiger charge is -2.11. The number of aryl methyl sites for hydroxylation is 3. The molecular weight excluding hydrogens is 459 g/mol. The van der Waals surface area contributed by atoms with Crippen LogP contribution in [0.1, 0.15) is 38.5 Å². The number of alkyl halides is 3. The number of anilines is 1. The van der Waals surface area contributed by atoms with Crippen LogP contribution in [0.4, 0.5) is 18.9 Å². The van der Waals surface area contributed by atoms with Crippen molar-refractivity contribution >= 4 is 39.1 Å². The van der Waals surface area contributed by atoms with Gasteiger partial charge in [0, 0.05) is 36.9 Å². The van der Waals surface area contributed by atoms with Gasteiger partial charge in [-0.15, -0.1) is 11.3 Å². The number of carbonyl (C=O) groups is 2. The van der Waals surface area contributed by atoms with Gasteiger partial charge in [0.2, 0.25) is 0 Å². The third-order valence-electron chi connectivity index (χ3n) is 4.92. The lowest BCUT2D eigenvalue weighted by atomic mass is 10.0. The number of hydrogen-bond donors (Lipinski definition) is 2. The van der Waals surface area contributed by atoms with E-state index in [1.54, 1.807) is 31.0 Å². The zero-order valence-corrected chi connectivity index (χ0v) is 18.5. The summed E-state index contributed by atoms with van der Waals surface area (Å²) in [5.41, 5.74) is 5.43. The number of rotatable bonds is 5. The van der Waals surface area contributed by atoms with Gasteiger partial charge in [0.1, 0.15) is 15.4 Å². The standard InChI is InChI=1S/C20H18F3N7O2S/c1-4-30-8-11(9(2)27-30)10-7-13(20(21,22)23)25-19-14(10)15(16(33-19)17(24)31)26-18(32)12-5-6-29(3)28-12/h5-8H,4H2,1-3H3,(H2,24,31)(H,26,32). The number of amides is 2. The SMILES string of the molecule is CCn1cc(-c2cc(C(F)(F)F)nc3sc(C(N)=O)c(NC(=O)c4ccn(C)n4)c23)c(C)n1. The van der Waals surface area contributed by atoms with Crippen LogP contribution in [-0.4, -0.2) is 36.4 Å². The first kappa shape index (κ1) is 22.5. The minimum absolute atomic E-state index is 0.0157. The molecule has 13 heteroatoms. The van der Waals surface area contributed by atoms with Crippen LogP contribution < -0.4 is 11.1 Å². The quantitative estimate of drug-likeness (QED) is 0.455. The van der Waals surface area contributed by atoms with E-state index in [0.29, 0.717) is 29.1 Å². The molecule has 0 aliphatic rings. The summed E-state index contributed by atoms with van der Waals surface area (Å²) in [6.45, 7) is 4.00. The number of primary amides is 1. The second kappa shape index (κ2) is 7.99. The number of nitrogens with two attached hydrogens (primary N) is 1. The lowest BCUT2D eigenvalue weighted by Crippen LogP contribution is -2.17. The molecular formula is C20H18F3N7O2S. The molecule has 4 aromatic rings. The Morgan fingerprint density at radius 3 is 2.52 bits per heavy atom. The van der Waals surface area contributed by atoms with Crippen LogP contribution in [0.15, 0.2) is 24.5 Å². The summed E-state index contributed by atoms with van der Waals surface area (Å²) in [6, 6.07) is 2.35. The Morgan fingerprint density at radius 1 is 1.24 bits per heavy atom. The highest BCUT2D eigenvalue weighted by Crippen LogP contribution is 2.44. The minimum Gasteiger partial charge on any atom is -0.365 e. The van der Waals surface area contributed by atoms with E-state index >= 15 is 0 Å². The molecule has 0 bridgehead atoms. The summed E-state index contributed by atoms with van der Waals surface area (Å²) in [7, 11) is 1.63. The summed E-state index contributed by atoms with van der Waals surface area (Å²) >= 11 is 0.679. The molecule has 0 saturated heterocycles. The zero-order valence-electron chi connectivity index (χ0n) is 17.7. The van der Waals surface area contributed by atoms with Crippen LogP contribution in [0.3, 0.4) is 0 Å². The van der Waals surface area contributed by atoms with Gasteiger partial charge in [0.15, 0.2) is 5.69 Å². The van der Waals surface area contributed by atoms with E-state index < -0.39 is 23.7 Å². The fourth-order valence-corrected chi connectivity index (χ4v) is 4.41. The maximum Gasteiger partial charge on any atom is 0.433 e. The molecule has 172 valence electrons. The average Bonchev–Trinajstić information content (AvgIpc) is 3.43. The largest absolute Gasteiger partial charge is 0.433 e. The molecule has 0 atom stereocenters. The van der Waals surface area contributed by atoms with Crippen LogP contribution in [-0.2, 0) is 19.8 Å². The lowest BCUT2D eigenvalue weighted by molar-refractivity contribution is -0.140. The predicted molar refractivity (Wildman–Crippen MR) is 116 cm³/mol. The van der Waals surface area contributed by atoms with Crippen molar-refractivity contribution in [2.24, 2.45) is 12.8 Å².